The van der Waals surface area contributed by atoms with Crippen molar-refractivity contribution in [2.75, 3.05) is 0 Å². The first-order valence-electron chi connectivity index (χ1n) is 5.89. The van der Waals surface area contributed by atoms with E-state index in [1.54, 1.807) is 0 Å². The minimum Gasteiger partial charge on any atom is -0.389 e. The molecule has 0 unspecified atom stereocenters. The first-order valence-corrected chi connectivity index (χ1v) is 5.89. The zero-order valence-electron chi connectivity index (χ0n) is 9.84. The summed E-state index contributed by atoms with van der Waals surface area (Å²) in [4.78, 5) is 0. The van der Waals surface area contributed by atoms with Crippen molar-refractivity contribution in [3.8, 4) is 0 Å². The van der Waals surface area contributed by atoms with E-state index < -0.39 is 0 Å². The third kappa shape index (κ3) is 5.52. The van der Waals surface area contributed by atoms with Gasteiger partial charge in [0.05, 0.1) is 6.10 Å². The molecule has 1 nitrogen and oxygen atoms in total. The van der Waals surface area contributed by atoms with Crippen LogP contribution in [0.25, 0.3) is 6.08 Å². The number of unbranched alkanes of at least 4 members (excludes halogenated alkanes) is 1. The molecule has 0 spiro atoms. The maximum Gasteiger partial charge on any atom is 0.0758 e. The average Bonchev–Trinajstić information content (AvgIpc) is 2.33. The van der Waals surface area contributed by atoms with Crippen molar-refractivity contribution < 1.29 is 5.11 Å². The van der Waals surface area contributed by atoms with Crippen molar-refractivity contribution in [2.24, 2.45) is 0 Å². The second kappa shape index (κ2) is 7.89. The Morgan fingerprint density at radius 3 is 2.62 bits per heavy atom. The summed E-state index contributed by atoms with van der Waals surface area (Å²) in [6, 6.07) is 10.0. The van der Waals surface area contributed by atoms with Crippen LogP contribution in [0.3, 0.4) is 0 Å². The quantitative estimate of drug-likeness (QED) is 0.717. The van der Waals surface area contributed by atoms with Crippen LogP contribution in [-0.2, 0) is 0 Å². The van der Waals surface area contributed by atoms with Crippen LogP contribution in [0.4, 0.5) is 0 Å². The van der Waals surface area contributed by atoms with Crippen LogP contribution < -0.4 is 0 Å². The van der Waals surface area contributed by atoms with Crippen LogP contribution >= 0.6 is 0 Å². The highest BCUT2D eigenvalue weighted by molar-refractivity contribution is 5.49. The number of allylic oxidation sites excluding steroid dienone is 1. The van der Waals surface area contributed by atoms with Gasteiger partial charge >= 0.3 is 0 Å². The van der Waals surface area contributed by atoms with Gasteiger partial charge in [0.1, 0.15) is 0 Å². The van der Waals surface area contributed by atoms with Gasteiger partial charge in [-0.25, -0.2) is 0 Å². The summed E-state index contributed by atoms with van der Waals surface area (Å²) in [6.07, 6.45) is 10.5. The topological polar surface area (TPSA) is 20.2 Å². The normalized spacial score (nSPS) is 13.6. The number of hydrogen-bond donors (Lipinski definition) is 1. The highest BCUT2D eigenvalue weighted by Gasteiger charge is 1.94. The van der Waals surface area contributed by atoms with Gasteiger partial charge in [-0.05, 0) is 18.4 Å². The van der Waals surface area contributed by atoms with E-state index in [1.807, 2.05) is 48.6 Å². The molecular weight excluding hydrogens is 196 g/mol. The Morgan fingerprint density at radius 1 is 1.19 bits per heavy atom. The molecule has 0 saturated carbocycles. The number of aliphatic hydroxyl groups excluding tert-OH is 1. The molecule has 0 heterocycles. The average molecular weight is 216 g/mol. The minimum absolute atomic E-state index is 0.381. The van der Waals surface area contributed by atoms with Crippen molar-refractivity contribution in [1.29, 1.82) is 0 Å². The van der Waals surface area contributed by atoms with E-state index in [2.05, 4.69) is 13.0 Å². The smallest absolute Gasteiger partial charge is 0.0758 e. The van der Waals surface area contributed by atoms with Gasteiger partial charge in [-0.2, -0.15) is 0 Å². The lowest BCUT2D eigenvalue weighted by molar-refractivity contribution is 0.227. The third-order valence-corrected chi connectivity index (χ3v) is 2.31. The van der Waals surface area contributed by atoms with Gasteiger partial charge in [0, 0.05) is 0 Å². The Bertz CT molecular complexity index is 325. The lowest BCUT2D eigenvalue weighted by Gasteiger charge is -2.00. The standard InChI is InChI=1S/C15H20O/c1-2-3-4-8-11-15(16)13-12-14-9-6-5-7-10-14/h4-10,12-13,15-16H,2-3,11H2,1H3/b8-4-,13-12+/t15-/m1/s1. The molecule has 0 aromatic heterocycles. The number of aliphatic hydroxyl groups is 1. The number of rotatable bonds is 6. The predicted octanol–water partition coefficient (Wildman–Crippen LogP) is 3.81. The molecular formula is C15H20O. The third-order valence-electron chi connectivity index (χ3n) is 2.31. The van der Waals surface area contributed by atoms with Gasteiger partial charge in [-0.15, -0.1) is 0 Å². The zero-order valence-corrected chi connectivity index (χ0v) is 9.84. The van der Waals surface area contributed by atoms with E-state index in [9.17, 15) is 5.11 Å². The largest absolute Gasteiger partial charge is 0.389 e. The summed E-state index contributed by atoms with van der Waals surface area (Å²) in [7, 11) is 0. The van der Waals surface area contributed by atoms with Gasteiger partial charge in [-0.3, -0.25) is 0 Å². The monoisotopic (exact) mass is 216 g/mol. The summed E-state index contributed by atoms with van der Waals surface area (Å²) in [6.45, 7) is 2.15. The fourth-order valence-corrected chi connectivity index (χ4v) is 1.39. The Labute approximate surface area is 98.1 Å². The highest BCUT2D eigenvalue weighted by atomic mass is 16.3. The van der Waals surface area contributed by atoms with E-state index >= 15 is 0 Å². The van der Waals surface area contributed by atoms with E-state index in [4.69, 9.17) is 0 Å². The van der Waals surface area contributed by atoms with Crippen LogP contribution in [0, 0.1) is 0 Å². The maximum absolute atomic E-state index is 9.67. The summed E-state index contributed by atoms with van der Waals surface area (Å²) in [5, 5.41) is 9.67. The first-order chi connectivity index (χ1) is 7.83. The molecule has 0 fully saturated rings. The van der Waals surface area contributed by atoms with Crippen LogP contribution in [0.5, 0.6) is 0 Å². The summed E-state index contributed by atoms with van der Waals surface area (Å²) in [5.41, 5.74) is 1.12. The van der Waals surface area contributed by atoms with Crippen LogP contribution in [0.1, 0.15) is 31.7 Å². The SMILES string of the molecule is CCC/C=C\C[C@@H](O)/C=C/c1ccccc1. The molecule has 86 valence electrons. The molecule has 16 heavy (non-hydrogen) atoms. The predicted molar refractivity (Wildman–Crippen MR) is 70.1 cm³/mol. The van der Waals surface area contributed by atoms with Crippen LogP contribution in [0.2, 0.25) is 0 Å². The summed E-state index contributed by atoms with van der Waals surface area (Å²) in [5.74, 6) is 0. The molecule has 0 aliphatic rings. The Balaban J connectivity index is 2.34. The molecule has 1 N–H and O–H groups in total. The molecule has 0 bridgehead atoms. The fraction of sp³-hybridized carbons (Fsp3) is 0.333. The van der Waals surface area contributed by atoms with Crippen molar-refractivity contribution in [3.05, 3.63) is 54.1 Å². The minimum atomic E-state index is -0.381. The molecule has 1 aromatic carbocycles. The van der Waals surface area contributed by atoms with Crippen molar-refractivity contribution in [3.63, 3.8) is 0 Å². The van der Waals surface area contributed by atoms with E-state index in [1.165, 1.54) is 0 Å². The second-order valence-corrected chi connectivity index (χ2v) is 3.83. The molecule has 0 aliphatic carbocycles. The van der Waals surface area contributed by atoms with E-state index in [0.29, 0.717) is 6.42 Å². The van der Waals surface area contributed by atoms with Crippen LogP contribution in [-0.4, -0.2) is 11.2 Å². The Hall–Kier alpha value is -1.34. The van der Waals surface area contributed by atoms with E-state index in [0.717, 1.165) is 18.4 Å². The molecule has 0 radical (unpaired) electrons. The molecule has 1 aromatic rings. The zero-order chi connectivity index (χ0) is 11.6. The highest BCUT2D eigenvalue weighted by Crippen LogP contribution is 2.04. The van der Waals surface area contributed by atoms with Gasteiger partial charge in [0.2, 0.25) is 0 Å². The molecule has 1 atom stereocenters. The van der Waals surface area contributed by atoms with Gasteiger partial charge in [0.25, 0.3) is 0 Å². The van der Waals surface area contributed by atoms with Crippen molar-refractivity contribution >= 4 is 6.08 Å². The molecule has 1 rings (SSSR count). The molecule has 0 aliphatic heterocycles. The maximum atomic E-state index is 9.67. The Kier molecular flexibility index (Phi) is 6.28. The first kappa shape index (κ1) is 12.7. The lowest BCUT2D eigenvalue weighted by Crippen LogP contribution is -1.98. The van der Waals surface area contributed by atoms with Crippen molar-refractivity contribution in [1.82, 2.24) is 0 Å². The molecule has 1 heteroatoms. The van der Waals surface area contributed by atoms with Gasteiger partial charge in [-0.1, -0.05) is 68.0 Å². The Morgan fingerprint density at radius 2 is 1.94 bits per heavy atom. The van der Waals surface area contributed by atoms with Gasteiger partial charge < -0.3 is 5.11 Å². The summed E-state index contributed by atoms with van der Waals surface area (Å²) >= 11 is 0. The van der Waals surface area contributed by atoms with Crippen molar-refractivity contribution in [2.45, 2.75) is 32.3 Å². The molecule has 0 saturated heterocycles. The second-order valence-electron chi connectivity index (χ2n) is 3.83. The molecule has 0 amide bonds. The number of hydrogen-bond acceptors (Lipinski definition) is 1. The van der Waals surface area contributed by atoms with Gasteiger partial charge in [0.15, 0.2) is 0 Å². The summed E-state index contributed by atoms with van der Waals surface area (Å²) < 4.78 is 0. The number of benzene rings is 1. The van der Waals surface area contributed by atoms with E-state index in [-0.39, 0.29) is 6.10 Å². The lowest BCUT2D eigenvalue weighted by atomic mass is 10.1. The fourth-order valence-electron chi connectivity index (χ4n) is 1.39. The van der Waals surface area contributed by atoms with Crippen LogP contribution in [0.15, 0.2) is 48.6 Å².